The van der Waals surface area contributed by atoms with Crippen molar-refractivity contribution < 1.29 is 9.53 Å². The van der Waals surface area contributed by atoms with Crippen LogP contribution in [0, 0.1) is 0 Å². The highest BCUT2D eigenvalue weighted by Gasteiger charge is 2.11. The molecule has 0 aliphatic carbocycles. The van der Waals surface area contributed by atoms with Crippen LogP contribution in [-0.2, 0) is 13.2 Å². The van der Waals surface area contributed by atoms with Crippen LogP contribution in [0.5, 0.6) is 5.75 Å². The van der Waals surface area contributed by atoms with Crippen LogP contribution >= 0.6 is 0 Å². The topological polar surface area (TPSA) is 84.3 Å². The molecule has 0 radical (unpaired) electrons. The van der Waals surface area contributed by atoms with Gasteiger partial charge in [0.15, 0.2) is 0 Å². The van der Waals surface area contributed by atoms with Crippen molar-refractivity contribution in [3.8, 4) is 17.0 Å². The molecule has 32 heavy (non-hydrogen) atoms. The van der Waals surface area contributed by atoms with Gasteiger partial charge in [0.2, 0.25) is 0 Å². The minimum absolute atomic E-state index is 0.155. The Balaban J connectivity index is 1.18. The maximum absolute atomic E-state index is 12.6. The highest BCUT2D eigenvalue weighted by atomic mass is 16.5. The Labute approximate surface area is 184 Å². The maximum Gasteiger partial charge on any atom is 0.251 e. The summed E-state index contributed by atoms with van der Waals surface area (Å²) >= 11 is 0. The molecule has 2 aromatic carbocycles. The molecule has 1 amide bonds. The number of nitrogens with zero attached hydrogens (tertiary/aromatic N) is 3. The molecule has 7 heteroatoms. The Bertz CT molecular complexity index is 1310. The predicted octanol–water partition coefficient (Wildman–Crippen LogP) is 4.23. The van der Waals surface area contributed by atoms with E-state index in [-0.39, 0.29) is 5.91 Å². The molecule has 0 aliphatic rings. The number of rotatable bonds is 7. The molecule has 3 aromatic heterocycles. The fraction of sp³-hybridized carbons (Fsp3) is 0.0800. The van der Waals surface area contributed by atoms with E-state index in [9.17, 15) is 4.79 Å². The van der Waals surface area contributed by atoms with Gasteiger partial charge in [0, 0.05) is 30.1 Å². The number of ether oxygens (including phenoxy) is 1. The summed E-state index contributed by atoms with van der Waals surface area (Å²) in [5, 5.41) is 10.1. The van der Waals surface area contributed by atoms with Gasteiger partial charge in [-0.3, -0.25) is 9.89 Å². The molecule has 0 fully saturated rings. The van der Waals surface area contributed by atoms with Gasteiger partial charge in [-0.2, -0.15) is 5.10 Å². The number of aromatic amines is 1. The normalized spacial score (nSPS) is 10.9. The van der Waals surface area contributed by atoms with Gasteiger partial charge in [-0.25, -0.2) is 4.98 Å². The minimum atomic E-state index is -0.155. The summed E-state index contributed by atoms with van der Waals surface area (Å²) in [6.07, 6.45) is 5.63. The smallest absolute Gasteiger partial charge is 0.251 e. The van der Waals surface area contributed by atoms with Gasteiger partial charge >= 0.3 is 0 Å². The monoisotopic (exact) mass is 423 g/mol. The number of amides is 1. The van der Waals surface area contributed by atoms with E-state index in [0.29, 0.717) is 24.5 Å². The third-order valence-electron chi connectivity index (χ3n) is 5.14. The quantitative estimate of drug-likeness (QED) is 0.410. The van der Waals surface area contributed by atoms with E-state index >= 15 is 0 Å². The first-order valence-electron chi connectivity index (χ1n) is 10.3. The lowest BCUT2D eigenvalue weighted by Crippen LogP contribution is -2.22. The number of hydrogen-bond donors (Lipinski definition) is 2. The molecule has 5 aromatic rings. The molecule has 2 N–H and O–H groups in total. The van der Waals surface area contributed by atoms with Crippen molar-refractivity contribution in [1.29, 1.82) is 0 Å². The Hall–Kier alpha value is -4.39. The largest absolute Gasteiger partial charge is 0.487 e. The number of imidazole rings is 1. The summed E-state index contributed by atoms with van der Waals surface area (Å²) in [6.45, 7) is 0.738. The summed E-state index contributed by atoms with van der Waals surface area (Å²) in [4.78, 5) is 17.1. The molecular weight excluding hydrogens is 402 g/mol. The van der Waals surface area contributed by atoms with Gasteiger partial charge in [0.05, 0.1) is 17.6 Å². The van der Waals surface area contributed by atoms with Crippen LogP contribution in [0.15, 0.2) is 91.4 Å². The number of aromatic nitrogens is 4. The molecule has 0 saturated heterocycles. The standard InChI is InChI=1S/C25H21N5O2/c31-25(26-14-20-15-27-29-24(20)18-6-2-1-3-7-18)19-9-11-22(12-10-19)32-17-21-16-30-13-5-4-8-23(30)28-21/h1-13,15-16H,14,17H2,(H,26,31)(H,27,29). The van der Waals surface area contributed by atoms with Crippen LogP contribution in [0.3, 0.4) is 0 Å². The lowest BCUT2D eigenvalue weighted by atomic mass is 10.1. The van der Waals surface area contributed by atoms with Crippen LogP contribution in [0.25, 0.3) is 16.9 Å². The number of benzene rings is 2. The molecule has 5 rings (SSSR count). The Kier molecular flexibility index (Phi) is 5.36. The molecular formula is C25H21N5O2. The number of fused-ring (bicyclic) bond motifs is 1. The Morgan fingerprint density at radius 1 is 1.00 bits per heavy atom. The van der Waals surface area contributed by atoms with Crippen molar-refractivity contribution in [3.05, 3.63) is 108 Å². The Morgan fingerprint density at radius 3 is 2.62 bits per heavy atom. The van der Waals surface area contributed by atoms with Crippen molar-refractivity contribution >= 4 is 11.6 Å². The van der Waals surface area contributed by atoms with Gasteiger partial charge < -0.3 is 14.5 Å². The second-order valence-electron chi connectivity index (χ2n) is 7.33. The summed E-state index contributed by atoms with van der Waals surface area (Å²) in [5.74, 6) is 0.525. The van der Waals surface area contributed by atoms with E-state index in [1.54, 1.807) is 30.5 Å². The van der Waals surface area contributed by atoms with Crippen molar-refractivity contribution in [2.75, 3.05) is 0 Å². The first-order valence-corrected chi connectivity index (χ1v) is 10.3. The van der Waals surface area contributed by atoms with Gasteiger partial charge in [0.25, 0.3) is 5.91 Å². The molecule has 0 aliphatic heterocycles. The fourth-order valence-electron chi connectivity index (χ4n) is 3.49. The zero-order valence-electron chi connectivity index (χ0n) is 17.2. The number of hydrogen-bond acceptors (Lipinski definition) is 4. The number of nitrogens with one attached hydrogen (secondary N) is 2. The van der Waals surface area contributed by atoms with E-state index in [1.165, 1.54) is 0 Å². The number of pyridine rings is 1. The summed E-state index contributed by atoms with van der Waals surface area (Å²) in [5.41, 5.74) is 5.15. The van der Waals surface area contributed by atoms with Crippen LogP contribution in [0.4, 0.5) is 0 Å². The Morgan fingerprint density at radius 2 is 1.81 bits per heavy atom. The van der Waals surface area contributed by atoms with Crippen LogP contribution < -0.4 is 10.1 Å². The van der Waals surface area contributed by atoms with Crippen molar-refractivity contribution in [1.82, 2.24) is 24.9 Å². The zero-order valence-corrected chi connectivity index (χ0v) is 17.2. The second kappa shape index (κ2) is 8.77. The van der Waals surface area contributed by atoms with Crippen LogP contribution in [-0.4, -0.2) is 25.5 Å². The first kappa shape index (κ1) is 19.6. The molecule has 0 bridgehead atoms. The van der Waals surface area contributed by atoms with Crippen molar-refractivity contribution in [3.63, 3.8) is 0 Å². The van der Waals surface area contributed by atoms with Crippen LogP contribution in [0.1, 0.15) is 21.6 Å². The number of H-pyrrole nitrogens is 1. The average molecular weight is 423 g/mol. The summed E-state index contributed by atoms with van der Waals surface area (Å²) in [6, 6.07) is 22.8. The van der Waals surface area contributed by atoms with Crippen molar-refractivity contribution in [2.24, 2.45) is 0 Å². The highest BCUT2D eigenvalue weighted by Crippen LogP contribution is 2.20. The molecule has 3 heterocycles. The molecule has 0 atom stereocenters. The second-order valence-corrected chi connectivity index (χ2v) is 7.33. The summed E-state index contributed by atoms with van der Waals surface area (Å²) in [7, 11) is 0. The number of carbonyl (C=O) groups is 1. The lowest BCUT2D eigenvalue weighted by Gasteiger charge is -2.08. The van der Waals surface area contributed by atoms with E-state index < -0.39 is 0 Å². The number of carbonyl (C=O) groups excluding carboxylic acids is 1. The first-order chi connectivity index (χ1) is 15.8. The molecule has 0 saturated carbocycles. The maximum atomic E-state index is 12.6. The zero-order chi connectivity index (χ0) is 21.8. The average Bonchev–Trinajstić information content (AvgIpc) is 3.49. The molecule has 158 valence electrons. The van der Waals surface area contributed by atoms with Gasteiger partial charge in [-0.05, 0) is 42.0 Å². The summed E-state index contributed by atoms with van der Waals surface area (Å²) < 4.78 is 7.77. The third-order valence-corrected chi connectivity index (χ3v) is 5.14. The van der Waals surface area contributed by atoms with E-state index in [0.717, 1.165) is 28.2 Å². The van der Waals surface area contributed by atoms with E-state index in [4.69, 9.17) is 4.74 Å². The predicted molar refractivity (Wildman–Crippen MR) is 121 cm³/mol. The van der Waals surface area contributed by atoms with Gasteiger partial charge in [0.1, 0.15) is 18.0 Å². The third kappa shape index (κ3) is 4.22. The molecule has 7 nitrogen and oxygen atoms in total. The van der Waals surface area contributed by atoms with Gasteiger partial charge in [-0.15, -0.1) is 0 Å². The van der Waals surface area contributed by atoms with E-state index in [1.807, 2.05) is 65.3 Å². The van der Waals surface area contributed by atoms with Crippen molar-refractivity contribution in [2.45, 2.75) is 13.2 Å². The van der Waals surface area contributed by atoms with Gasteiger partial charge in [-0.1, -0.05) is 36.4 Å². The molecule has 0 spiro atoms. The molecule has 0 unspecified atom stereocenters. The van der Waals surface area contributed by atoms with Crippen LogP contribution in [0.2, 0.25) is 0 Å². The van der Waals surface area contributed by atoms with E-state index in [2.05, 4.69) is 20.5 Å². The SMILES string of the molecule is O=C(NCc1cn[nH]c1-c1ccccc1)c1ccc(OCc2cn3ccccc3n2)cc1. The minimum Gasteiger partial charge on any atom is -0.487 e. The lowest BCUT2D eigenvalue weighted by molar-refractivity contribution is 0.0951. The fourth-order valence-corrected chi connectivity index (χ4v) is 3.49. The highest BCUT2D eigenvalue weighted by molar-refractivity contribution is 5.94.